The van der Waals surface area contributed by atoms with Crippen molar-refractivity contribution in [2.75, 3.05) is 0 Å². The van der Waals surface area contributed by atoms with Gasteiger partial charge in [0.05, 0.1) is 5.56 Å². The van der Waals surface area contributed by atoms with Crippen molar-refractivity contribution in [2.24, 2.45) is 0 Å². The van der Waals surface area contributed by atoms with Crippen LogP contribution in [0.15, 0.2) is 18.2 Å². The Morgan fingerprint density at radius 2 is 1.81 bits per heavy atom. The Morgan fingerprint density at radius 1 is 1.25 bits per heavy atom. The van der Waals surface area contributed by atoms with Crippen LogP contribution in [-0.4, -0.2) is 16.9 Å². The minimum absolute atomic E-state index is 0.228. The van der Waals surface area contributed by atoms with Crippen LogP contribution in [0.25, 0.3) is 0 Å². The molecule has 0 fully saturated rings. The van der Waals surface area contributed by atoms with Crippen molar-refractivity contribution in [1.29, 1.82) is 0 Å². The van der Waals surface area contributed by atoms with Crippen molar-refractivity contribution in [1.82, 2.24) is 0 Å². The van der Waals surface area contributed by atoms with Crippen LogP contribution in [0.2, 0.25) is 5.02 Å². The monoisotopic (exact) mass is 252 g/mol. The van der Waals surface area contributed by atoms with Gasteiger partial charge in [-0.3, -0.25) is 4.79 Å². The Kier molecular flexibility index (Phi) is 3.23. The van der Waals surface area contributed by atoms with E-state index in [1.807, 2.05) is 0 Å². The van der Waals surface area contributed by atoms with Gasteiger partial charge in [-0.2, -0.15) is 13.2 Å². The number of carbonyl (C=O) groups excluding carboxylic acids is 1. The van der Waals surface area contributed by atoms with E-state index in [1.54, 1.807) is 0 Å². The number of halogens is 4. The minimum atomic E-state index is -4.83. The highest BCUT2D eigenvalue weighted by molar-refractivity contribution is 6.40. The molecule has 86 valence electrons. The minimum Gasteiger partial charge on any atom is -0.475 e. The molecule has 0 bridgehead atoms. The summed E-state index contributed by atoms with van der Waals surface area (Å²) in [5.74, 6) is -3.57. The third kappa shape index (κ3) is 2.52. The van der Waals surface area contributed by atoms with Crippen molar-refractivity contribution >= 4 is 23.4 Å². The van der Waals surface area contributed by atoms with E-state index in [9.17, 15) is 22.8 Å². The molecule has 3 nitrogen and oxygen atoms in total. The number of Topliss-reactive ketones (excluding diaryl/α,β-unsaturated/α-hetero) is 1. The Hall–Kier alpha value is -1.56. The molecule has 0 aliphatic heterocycles. The molecule has 16 heavy (non-hydrogen) atoms. The van der Waals surface area contributed by atoms with Crippen molar-refractivity contribution in [3.63, 3.8) is 0 Å². The lowest BCUT2D eigenvalue weighted by atomic mass is 10.0. The van der Waals surface area contributed by atoms with Crippen LogP contribution in [0.3, 0.4) is 0 Å². The summed E-state index contributed by atoms with van der Waals surface area (Å²) in [5.41, 5.74) is -2.28. The third-order valence-corrected chi connectivity index (χ3v) is 1.96. The zero-order valence-corrected chi connectivity index (χ0v) is 8.26. The first-order chi connectivity index (χ1) is 7.23. The molecule has 0 saturated carbocycles. The largest absolute Gasteiger partial charge is 0.475 e. The molecule has 0 heterocycles. The molecule has 0 atom stereocenters. The van der Waals surface area contributed by atoms with Crippen LogP contribution in [0.5, 0.6) is 0 Å². The first kappa shape index (κ1) is 12.5. The third-order valence-electron chi connectivity index (χ3n) is 1.73. The average Bonchev–Trinajstić information content (AvgIpc) is 2.15. The zero-order chi connectivity index (χ0) is 12.5. The van der Waals surface area contributed by atoms with Gasteiger partial charge >= 0.3 is 12.1 Å². The van der Waals surface area contributed by atoms with E-state index >= 15 is 0 Å². The summed E-state index contributed by atoms with van der Waals surface area (Å²) >= 11 is 5.35. The van der Waals surface area contributed by atoms with Crippen molar-refractivity contribution in [2.45, 2.75) is 6.18 Å². The van der Waals surface area contributed by atoms with E-state index in [2.05, 4.69) is 0 Å². The summed E-state index contributed by atoms with van der Waals surface area (Å²) in [6.07, 6.45) is -4.83. The quantitative estimate of drug-likeness (QED) is 0.650. The Balaban J connectivity index is 3.40. The topological polar surface area (TPSA) is 54.4 Å². The van der Waals surface area contributed by atoms with Gasteiger partial charge in [-0.1, -0.05) is 11.6 Å². The van der Waals surface area contributed by atoms with Crippen molar-refractivity contribution < 1.29 is 27.9 Å². The van der Waals surface area contributed by atoms with Crippen LogP contribution < -0.4 is 0 Å². The summed E-state index contributed by atoms with van der Waals surface area (Å²) in [6.45, 7) is 0. The second-order valence-electron chi connectivity index (χ2n) is 2.82. The molecule has 0 radical (unpaired) electrons. The van der Waals surface area contributed by atoms with Gasteiger partial charge in [0.2, 0.25) is 0 Å². The molecule has 0 aliphatic carbocycles. The molecule has 1 aromatic carbocycles. The maximum Gasteiger partial charge on any atom is 0.417 e. The van der Waals surface area contributed by atoms with Gasteiger partial charge in [-0.25, -0.2) is 4.79 Å². The molecule has 0 unspecified atom stereocenters. The van der Waals surface area contributed by atoms with Gasteiger partial charge in [0.25, 0.3) is 5.78 Å². The highest BCUT2D eigenvalue weighted by Gasteiger charge is 2.36. The van der Waals surface area contributed by atoms with Gasteiger partial charge in [0.15, 0.2) is 0 Å². The van der Waals surface area contributed by atoms with Crippen LogP contribution in [-0.2, 0) is 11.0 Å². The van der Waals surface area contributed by atoms with E-state index in [0.717, 1.165) is 12.1 Å². The standard InChI is InChI=1S/C9H4ClF3O3/c10-4-1-2-5(7(14)8(15)16)6(3-4)9(11,12)13/h1-3H,(H,15,16). The van der Waals surface area contributed by atoms with Gasteiger partial charge in [0.1, 0.15) is 0 Å². The maximum absolute atomic E-state index is 12.4. The Labute approximate surface area is 92.4 Å². The normalized spacial score (nSPS) is 11.2. The number of rotatable bonds is 2. The summed E-state index contributed by atoms with van der Waals surface area (Å²) in [6, 6.07) is 2.27. The molecule has 0 aliphatic rings. The molecule has 0 saturated heterocycles. The average molecular weight is 253 g/mol. The number of ketones is 1. The van der Waals surface area contributed by atoms with E-state index in [4.69, 9.17) is 16.7 Å². The number of alkyl halides is 3. The Bertz CT molecular complexity index is 454. The van der Waals surface area contributed by atoms with Crippen LogP contribution in [0, 0.1) is 0 Å². The molecule has 1 rings (SSSR count). The maximum atomic E-state index is 12.4. The number of benzene rings is 1. The van der Waals surface area contributed by atoms with Gasteiger partial charge < -0.3 is 5.11 Å². The predicted molar refractivity (Wildman–Crippen MR) is 48.4 cm³/mol. The lowest BCUT2D eigenvalue weighted by molar-refractivity contribution is -0.138. The van der Waals surface area contributed by atoms with Gasteiger partial charge in [-0.15, -0.1) is 0 Å². The molecular formula is C9H4ClF3O3. The molecule has 0 spiro atoms. The number of aliphatic carboxylic acids is 1. The molecular weight excluding hydrogens is 249 g/mol. The lowest BCUT2D eigenvalue weighted by Gasteiger charge is -2.10. The van der Waals surface area contributed by atoms with Gasteiger partial charge in [-0.05, 0) is 18.2 Å². The van der Waals surface area contributed by atoms with E-state index in [-0.39, 0.29) is 5.02 Å². The molecule has 1 aromatic rings. The number of hydrogen-bond donors (Lipinski definition) is 1. The zero-order valence-electron chi connectivity index (χ0n) is 7.51. The second-order valence-corrected chi connectivity index (χ2v) is 3.26. The van der Waals surface area contributed by atoms with E-state index < -0.39 is 29.1 Å². The highest BCUT2D eigenvalue weighted by atomic mass is 35.5. The number of carbonyl (C=O) groups is 2. The SMILES string of the molecule is O=C(O)C(=O)c1ccc(Cl)cc1C(F)(F)F. The molecule has 1 N–H and O–H groups in total. The van der Waals surface area contributed by atoms with Crippen LogP contribution in [0.4, 0.5) is 13.2 Å². The first-order valence-electron chi connectivity index (χ1n) is 3.88. The number of hydrogen-bond acceptors (Lipinski definition) is 2. The number of carboxylic acids is 1. The van der Waals surface area contributed by atoms with E-state index in [1.165, 1.54) is 0 Å². The van der Waals surface area contributed by atoms with Crippen LogP contribution >= 0.6 is 11.6 Å². The highest BCUT2D eigenvalue weighted by Crippen LogP contribution is 2.33. The molecule has 7 heteroatoms. The fraction of sp³-hybridized carbons (Fsp3) is 0.111. The number of carboxylic acid groups (broad SMARTS) is 1. The van der Waals surface area contributed by atoms with Crippen molar-refractivity contribution in [3.05, 3.63) is 34.3 Å². The summed E-state index contributed by atoms with van der Waals surface area (Å²) in [5, 5.41) is 8.12. The first-order valence-corrected chi connectivity index (χ1v) is 4.25. The molecule has 0 amide bonds. The van der Waals surface area contributed by atoms with Crippen LogP contribution in [0.1, 0.15) is 15.9 Å². The fourth-order valence-corrected chi connectivity index (χ4v) is 1.24. The van der Waals surface area contributed by atoms with E-state index in [0.29, 0.717) is 6.07 Å². The summed E-state index contributed by atoms with van der Waals surface area (Å²) < 4.78 is 37.3. The lowest BCUT2D eigenvalue weighted by Crippen LogP contribution is -2.19. The smallest absolute Gasteiger partial charge is 0.417 e. The van der Waals surface area contributed by atoms with Crippen molar-refractivity contribution in [3.8, 4) is 0 Å². The fourth-order valence-electron chi connectivity index (χ4n) is 1.06. The molecule has 0 aromatic heterocycles. The second kappa shape index (κ2) is 4.13. The summed E-state index contributed by atoms with van der Waals surface area (Å²) in [7, 11) is 0. The Morgan fingerprint density at radius 3 is 2.25 bits per heavy atom. The summed E-state index contributed by atoms with van der Waals surface area (Å²) in [4.78, 5) is 21.3. The van der Waals surface area contributed by atoms with Gasteiger partial charge in [0, 0.05) is 10.6 Å². The predicted octanol–water partition coefficient (Wildman–Crippen LogP) is 2.63.